The molecule has 9 heteroatoms. The van der Waals surface area contributed by atoms with E-state index in [0.29, 0.717) is 22.7 Å². The number of carbonyl (C=O) groups is 3. The van der Waals surface area contributed by atoms with Crippen LogP contribution in [0.4, 0.5) is 5.69 Å². The van der Waals surface area contributed by atoms with E-state index in [0.717, 1.165) is 5.56 Å². The van der Waals surface area contributed by atoms with E-state index < -0.39 is 17.8 Å². The molecule has 3 aromatic carbocycles. The highest BCUT2D eigenvalue weighted by atomic mass is 35.5. The topological polar surface area (TPSA) is 100 Å². The van der Waals surface area contributed by atoms with Crippen molar-refractivity contribution < 1.29 is 19.2 Å². The molecule has 0 atom stereocenters. The molecule has 1 aliphatic heterocycles. The Bertz CT molecular complexity index is 1290. The Balaban J connectivity index is 1.60. The predicted octanol–water partition coefficient (Wildman–Crippen LogP) is 3.65. The molecule has 0 aromatic heterocycles. The molecule has 0 unspecified atom stereocenters. The molecule has 1 aliphatic rings. The number of benzene rings is 3. The van der Waals surface area contributed by atoms with Gasteiger partial charge in [-0.1, -0.05) is 65.7 Å². The Kier molecular flexibility index (Phi) is 7.67. The van der Waals surface area contributed by atoms with Crippen molar-refractivity contribution in [1.29, 1.82) is 0 Å². The fourth-order valence-corrected chi connectivity index (χ4v) is 3.52. The molecule has 2 amide bonds. The lowest BCUT2D eigenvalue weighted by Crippen LogP contribution is -2.34. The molecule has 0 radical (unpaired) electrons. The van der Waals surface area contributed by atoms with Crippen LogP contribution in [0.25, 0.3) is 0 Å². The number of hydrogen-bond acceptors (Lipinski definition) is 6. The number of anilines is 1. The third-order valence-corrected chi connectivity index (χ3v) is 5.27. The summed E-state index contributed by atoms with van der Waals surface area (Å²) in [5, 5.41) is 4.71. The van der Waals surface area contributed by atoms with E-state index in [4.69, 9.17) is 16.4 Å². The van der Waals surface area contributed by atoms with Gasteiger partial charge in [-0.2, -0.15) is 0 Å². The molecule has 176 valence electrons. The average molecular weight is 489 g/mol. The van der Waals surface area contributed by atoms with Gasteiger partial charge in [0.2, 0.25) is 0 Å². The van der Waals surface area contributed by atoms with Gasteiger partial charge in [-0.25, -0.2) is 14.8 Å². The summed E-state index contributed by atoms with van der Waals surface area (Å²) in [6, 6.07) is 24.5. The summed E-state index contributed by atoms with van der Waals surface area (Å²) in [4.78, 5) is 47.2. The highest BCUT2D eigenvalue weighted by Gasteiger charge is 2.30. The third-order valence-electron chi connectivity index (χ3n) is 5.03. The molecule has 1 fully saturated rings. The summed E-state index contributed by atoms with van der Waals surface area (Å²) in [7, 11) is 0. The number of carbonyl (C=O) groups excluding carboxylic acids is 3. The van der Waals surface area contributed by atoms with Gasteiger partial charge in [0.05, 0.1) is 5.69 Å². The van der Waals surface area contributed by atoms with Crippen molar-refractivity contribution in [1.82, 2.24) is 10.9 Å². The highest BCUT2D eigenvalue weighted by Crippen LogP contribution is 2.21. The van der Waals surface area contributed by atoms with Crippen LogP contribution in [0.15, 0.2) is 102 Å². The van der Waals surface area contributed by atoms with E-state index in [1.165, 1.54) is 11.1 Å². The largest absolute Gasteiger partial charge is 0.376 e. The molecular formula is C26H21ClN4O4. The second-order valence-corrected chi connectivity index (χ2v) is 7.92. The van der Waals surface area contributed by atoms with Crippen LogP contribution in [-0.2, 0) is 20.8 Å². The van der Waals surface area contributed by atoms with Crippen LogP contribution in [0, 0.1) is 0 Å². The molecule has 0 spiro atoms. The van der Waals surface area contributed by atoms with Gasteiger partial charge in [0.15, 0.2) is 5.70 Å². The summed E-state index contributed by atoms with van der Waals surface area (Å²) in [6.45, 7) is 0.270. The summed E-state index contributed by atoms with van der Waals surface area (Å²) in [5.41, 5.74) is 4.11. The monoisotopic (exact) mass is 488 g/mol. The molecule has 0 aliphatic carbocycles. The number of hydrogen-bond donors (Lipinski definition) is 2. The Morgan fingerprint density at radius 2 is 1.71 bits per heavy atom. The number of nitrogens with one attached hydrogen (secondary N) is 2. The number of aliphatic imine (C=N–C) groups is 1. The van der Waals surface area contributed by atoms with E-state index in [9.17, 15) is 14.4 Å². The van der Waals surface area contributed by atoms with Crippen LogP contribution in [0.3, 0.4) is 0 Å². The first-order valence-corrected chi connectivity index (χ1v) is 11.1. The van der Waals surface area contributed by atoms with Crippen molar-refractivity contribution in [2.45, 2.75) is 6.42 Å². The fourth-order valence-electron chi connectivity index (χ4n) is 3.31. The van der Waals surface area contributed by atoms with Crippen molar-refractivity contribution in [2.24, 2.45) is 4.99 Å². The normalized spacial score (nSPS) is 14.7. The Hall–Kier alpha value is -4.27. The quantitative estimate of drug-likeness (QED) is 0.389. The zero-order valence-corrected chi connectivity index (χ0v) is 19.2. The van der Waals surface area contributed by atoms with Crippen molar-refractivity contribution in [3.8, 4) is 0 Å². The molecule has 2 N–H and O–H groups in total. The first-order chi connectivity index (χ1) is 17.0. The zero-order chi connectivity index (χ0) is 24.6. The second kappa shape index (κ2) is 11.2. The van der Waals surface area contributed by atoms with E-state index in [1.807, 2.05) is 24.3 Å². The molecule has 8 nitrogen and oxygen atoms in total. The predicted molar refractivity (Wildman–Crippen MR) is 133 cm³/mol. The Morgan fingerprint density at radius 3 is 2.43 bits per heavy atom. The molecular weight excluding hydrogens is 468 g/mol. The Labute approximate surface area is 206 Å². The van der Waals surface area contributed by atoms with Gasteiger partial charge in [-0.05, 0) is 48.4 Å². The minimum Gasteiger partial charge on any atom is -0.350 e. The Morgan fingerprint density at radius 1 is 1.00 bits per heavy atom. The summed E-state index contributed by atoms with van der Waals surface area (Å²) < 4.78 is 0. The zero-order valence-electron chi connectivity index (χ0n) is 18.5. The van der Waals surface area contributed by atoms with Gasteiger partial charge in [-0.3, -0.25) is 9.59 Å². The number of nitrogens with zero attached hydrogens (tertiary/aromatic N) is 2. The van der Waals surface area contributed by atoms with Crippen LogP contribution >= 0.6 is 11.6 Å². The first kappa shape index (κ1) is 23.9. The summed E-state index contributed by atoms with van der Waals surface area (Å²) in [5.74, 6) is -1.95. The van der Waals surface area contributed by atoms with Crippen molar-refractivity contribution in [3.05, 3.63) is 113 Å². The van der Waals surface area contributed by atoms with Gasteiger partial charge in [0.1, 0.15) is 5.71 Å². The van der Waals surface area contributed by atoms with E-state index in [-0.39, 0.29) is 18.0 Å². The molecule has 4 rings (SSSR count). The molecule has 0 bridgehead atoms. The maximum Gasteiger partial charge on any atom is 0.376 e. The third kappa shape index (κ3) is 6.20. The van der Waals surface area contributed by atoms with Gasteiger partial charge < -0.3 is 10.2 Å². The van der Waals surface area contributed by atoms with E-state index >= 15 is 0 Å². The molecule has 1 saturated heterocycles. The number of amides is 2. The lowest BCUT2D eigenvalue weighted by molar-refractivity contribution is -0.140. The highest BCUT2D eigenvalue weighted by molar-refractivity contribution is 6.45. The van der Waals surface area contributed by atoms with Crippen LogP contribution in [0.1, 0.15) is 15.9 Å². The van der Waals surface area contributed by atoms with Crippen LogP contribution in [-0.4, -0.2) is 30.0 Å². The minimum absolute atomic E-state index is 0.000743. The summed E-state index contributed by atoms with van der Waals surface area (Å²) in [6.07, 6.45) is 1.74. The maximum atomic E-state index is 13.0. The summed E-state index contributed by atoms with van der Waals surface area (Å²) >= 11 is 6.02. The first-order valence-electron chi connectivity index (χ1n) is 10.8. The van der Waals surface area contributed by atoms with E-state index in [2.05, 4.69) is 15.9 Å². The van der Waals surface area contributed by atoms with Gasteiger partial charge >= 0.3 is 5.97 Å². The second-order valence-electron chi connectivity index (χ2n) is 7.49. The average Bonchev–Trinajstić information content (AvgIpc) is 3.24. The lowest BCUT2D eigenvalue weighted by atomic mass is 10.1. The van der Waals surface area contributed by atoms with Crippen molar-refractivity contribution in [2.75, 3.05) is 11.6 Å². The van der Waals surface area contributed by atoms with Crippen LogP contribution in [0.5, 0.6) is 0 Å². The standard InChI is InChI=1S/C26H21ClN4O4/c27-20-11-7-8-18(16-20)14-15-28-25(33)22(29-24(32)19-9-3-1-4-10-19)17-23-26(34)35-30-31(23)21-12-5-2-6-13-21/h1-13,16-17,30H,14-15H2,(H,28,33)/b23-17+,29-22?. The maximum absolute atomic E-state index is 13.0. The number of hydrazine groups is 1. The van der Waals surface area contributed by atoms with Crippen molar-refractivity contribution in [3.63, 3.8) is 0 Å². The van der Waals surface area contributed by atoms with E-state index in [1.54, 1.807) is 60.7 Å². The number of rotatable bonds is 7. The van der Waals surface area contributed by atoms with Gasteiger partial charge in [0, 0.05) is 23.2 Å². The SMILES string of the molecule is O=C(NCCc1cccc(Cl)c1)C(/C=C1\C(=O)ONN1c1ccccc1)=NC(=O)c1ccccc1. The van der Waals surface area contributed by atoms with Crippen LogP contribution in [0.2, 0.25) is 5.02 Å². The molecule has 35 heavy (non-hydrogen) atoms. The minimum atomic E-state index is -0.722. The molecule has 1 heterocycles. The number of halogens is 1. The lowest BCUT2D eigenvalue weighted by Gasteiger charge is -2.15. The van der Waals surface area contributed by atoms with Crippen LogP contribution < -0.4 is 15.9 Å². The molecule has 0 saturated carbocycles. The smallest absolute Gasteiger partial charge is 0.350 e. The van der Waals surface area contributed by atoms with Gasteiger partial charge in [-0.15, -0.1) is 0 Å². The van der Waals surface area contributed by atoms with Crippen molar-refractivity contribution >= 4 is 40.8 Å². The molecule has 3 aromatic rings. The van der Waals surface area contributed by atoms with Gasteiger partial charge in [0.25, 0.3) is 11.8 Å². The fraction of sp³-hybridized carbons (Fsp3) is 0.0769. The number of para-hydroxylation sites is 1.